The van der Waals surface area contributed by atoms with Crippen molar-refractivity contribution in [1.82, 2.24) is 34.2 Å². The van der Waals surface area contributed by atoms with Gasteiger partial charge in [-0.15, -0.1) is 10.2 Å². The summed E-state index contributed by atoms with van der Waals surface area (Å²) >= 11 is 1.50. The number of fused-ring (bicyclic) bond motifs is 1. The molecule has 1 fully saturated rings. The summed E-state index contributed by atoms with van der Waals surface area (Å²) in [7, 11) is 1.85. The summed E-state index contributed by atoms with van der Waals surface area (Å²) < 4.78 is 6.45. The lowest BCUT2D eigenvalue weighted by Gasteiger charge is -2.36. The molecule has 9 nitrogen and oxygen atoms in total. The zero-order chi connectivity index (χ0) is 20.1. The van der Waals surface area contributed by atoms with E-state index >= 15 is 0 Å². The summed E-state index contributed by atoms with van der Waals surface area (Å²) in [5.74, 6) is 2.89. The number of hydrogen-bond acceptors (Lipinski definition) is 7. The molecule has 0 aliphatic carbocycles. The second-order valence-electron chi connectivity index (χ2n) is 6.94. The molecule has 1 saturated heterocycles. The second-order valence-corrected chi connectivity index (χ2v) is 7.67. The minimum absolute atomic E-state index is 0.852. The third-order valence-electron chi connectivity index (χ3n) is 5.08. The molecule has 0 radical (unpaired) electrons. The Labute approximate surface area is 174 Å². The lowest BCUT2D eigenvalue weighted by Crippen LogP contribution is -2.52. The van der Waals surface area contributed by atoms with E-state index < -0.39 is 0 Å². The highest BCUT2D eigenvalue weighted by molar-refractivity contribution is 7.09. The van der Waals surface area contributed by atoms with E-state index in [1.165, 1.54) is 11.5 Å². The third kappa shape index (κ3) is 4.47. The van der Waals surface area contributed by atoms with Gasteiger partial charge in [-0.05, 0) is 18.6 Å². The number of rotatable bonds is 6. The van der Waals surface area contributed by atoms with E-state index in [0.29, 0.717) is 0 Å². The average molecular weight is 414 g/mol. The van der Waals surface area contributed by atoms with Gasteiger partial charge in [-0.1, -0.05) is 13.0 Å². The Kier molecular flexibility index (Phi) is 6.18. The SMILES string of the molecule is CCc1nsc(N2CCN(C(=NC)NCCCc3nnc4ccccn34)CC2)n1. The minimum Gasteiger partial charge on any atom is -0.356 e. The van der Waals surface area contributed by atoms with E-state index in [1.807, 2.05) is 35.8 Å². The maximum atomic E-state index is 4.61. The molecule has 0 bridgehead atoms. The van der Waals surface area contributed by atoms with Gasteiger partial charge in [0, 0.05) is 70.3 Å². The molecule has 0 spiro atoms. The van der Waals surface area contributed by atoms with E-state index in [9.17, 15) is 0 Å². The fourth-order valence-electron chi connectivity index (χ4n) is 3.47. The third-order valence-corrected chi connectivity index (χ3v) is 5.89. The minimum atomic E-state index is 0.852. The molecule has 1 aliphatic rings. The van der Waals surface area contributed by atoms with Gasteiger partial charge in [0.2, 0.25) is 5.13 Å². The highest BCUT2D eigenvalue weighted by atomic mass is 32.1. The van der Waals surface area contributed by atoms with E-state index in [0.717, 1.165) is 80.4 Å². The van der Waals surface area contributed by atoms with Crippen LogP contribution in [0.4, 0.5) is 5.13 Å². The van der Waals surface area contributed by atoms with Gasteiger partial charge < -0.3 is 15.1 Å². The number of nitrogens with one attached hydrogen (secondary N) is 1. The maximum Gasteiger partial charge on any atom is 0.205 e. The van der Waals surface area contributed by atoms with Crippen LogP contribution in [0.25, 0.3) is 5.65 Å². The van der Waals surface area contributed by atoms with Gasteiger partial charge in [-0.3, -0.25) is 9.39 Å². The molecule has 3 aromatic heterocycles. The Morgan fingerprint density at radius 2 is 2.07 bits per heavy atom. The van der Waals surface area contributed by atoms with Gasteiger partial charge in [0.1, 0.15) is 11.6 Å². The Bertz CT molecular complexity index is 955. The van der Waals surface area contributed by atoms with Gasteiger partial charge in [0.15, 0.2) is 11.6 Å². The molecule has 0 saturated carbocycles. The normalized spacial score (nSPS) is 15.3. The lowest BCUT2D eigenvalue weighted by molar-refractivity contribution is 0.372. The predicted octanol–water partition coefficient (Wildman–Crippen LogP) is 1.47. The molecule has 0 aromatic carbocycles. The number of aromatic nitrogens is 5. The highest BCUT2D eigenvalue weighted by Crippen LogP contribution is 2.19. The summed E-state index contributed by atoms with van der Waals surface area (Å²) in [6.45, 7) is 6.66. The van der Waals surface area contributed by atoms with E-state index in [-0.39, 0.29) is 0 Å². The quantitative estimate of drug-likeness (QED) is 0.372. The molecule has 154 valence electrons. The molecule has 1 N–H and O–H groups in total. The van der Waals surface area contributed by atoms with E-state index in [4.69, 9.17) is 0 Å². The molecule has 4 heterocycles. The monoisotopic (exact) mass is 413 g/mol. The van der Waals surface area contributed by atoms with Gasteiger partial charge in [-0.25, -0.2) is 4.98 Å². The predicted molar refractivity (Wildman–Crippen MR) is 116 cm³/mol. The topological polar surface area (TPSA) is 86.8 Å². The molecular weight excluding hydrogens is 386 g/mol. The molecule has 3 aromatic rings. The number of pyridine rings is 1. The molecule has 0 atom stereocenters. The fourth-order valence-corrected chi connectivity index (χ4v) is 4.27. The van der Waals surface area contributed by atoms with Crippen LogP contribution in [0.2, 0.25) is 0 Å². The molecule has 0 unspecified atom stereocenters. The van der Waals surface area contributed by atoms with Crippen molar-refractivity contribution in [3.8, 4) is 0 Å². The zero-order valence-corrected chi connectivity index (χ0v) is 17.8. The van der Waals surface area contributed by atoms with Crippen molar-refractivity contribution in [2.75, 3.05) is 44.7 Å². The van der Waals surface area contributed by atoms with Crippen molar-refractivity contribution in [1.29, 1.82) is 0 Å². The molecule has 10 heteroatoms. The first-order valence-electron chi connectivity index (χ1n) is 10.1. The van der Waals surface area contributed by atoms with Crippen LogP contribution >= 0.6 is 11.5 Å². The van der Waals surface area contributed by atoms with Crippen molar-refractivity contribution in [3.05, 3.63) is 36.0 Å². The lowest BCUT2D eigenvalue weighted by atomic mass is 10.3. The summed E-state index contributed by atoms with van der Waals surface area (Å²) in [5.41, 5.74) is 0.894. The number of aryl methyl sites for hydroxylation is 2. The van der Waals surface area contributed by atoms with Crippen molar-refractivity contribution in [2.24, 2.45) is 4.99 Å². The summed E-state index contributed by atoms with van der Waals surface area (Å²) in [6, 6.07) is 5.96. The Morgan fingerprint density at radius 1 is 1.21 bits per heavy atom. The van der Waals surface area contributed by atoms with Gasteiger partial charge in [0.05, 0.1) is 0 Å². The van der Waals surface area contributed by atoms with Gasteiger partial charge in [0.25, 0.3) is 0 Å². The first-order chi connectivity index (χ1) is 14.3. The van der Waals surface area contributed by atoms with E-state index in [2.05, 4.69) is 46.6 Å². The van der Waals surface area contributed by atoms with Crippen LogP contribution in [0.3, 0.4) is 0 Å². The largest absolute Gasteiger partial charge is 0.356 e. The van der Waals surface area contributed by atoms with Crippen LogP contribution in [0.15, 0.2) is 29.4 Å². The molecular formula is C19H27N9S. The number of anilines is 1. The first kappa shape index (κ1) is 19.6. The number of nitrogens with zero attached hydrogens (tertiary/aromatic N) is 8. The van der Waals surface area contributed by atoms with Crippen LogP contribution in [0.5, 0.6) is 0 Å². The second kappa shape index (κ2) is 9.17. The average Bonchev–Trinajstić information content (AvgIpc) is 3.41. The molecule has 29 heavy (non-hydrogen) atoms. The van der Waals surface area contributed by atoms with Gasteiger partial charge in [-0.2, -0.15) is 4.37 Å². The van der Waals surface area contributed by atoms with Gasteiger partial charge >= 0.3 is 0 Å². The Morgan fingerprint density at radius 3 is 2.83 bits per heavy atom. The molecule has 1 aliphatic heterocycles. The van der Waals surface area contributed by atoms with Crippen molar-refractivity contribution < 1.29 is 0 Å². The van der Waals surface area contributed by atoms with Crippen molar-refractivity contribution >= 4 is 28.3 Å². The van der Waals surface area contributed by atoms with Crippen molar-refractivity contribution in [2.45, 2.75) is 26.2 Å². The molecule has 4 rings (SSSR count). The fraction of sp³-hybridized carbons (Fsp3) is 0.526. The number of guanidine groups is 1. The van der Waals surface area contributed by atoms with E-state index in [1.54, 1.807) is 0 Å². The number of aliphatic imine (C=N–C) groups is 1. The van der Waals surface area contributed by atoms with Crippen LogP contribution < -0.4 is 10.2 Å². The summed E-state index contributed by atoms with van der Waals surface area (Å²) in [4.78, 5) is 13.7. The summed E-state index contributed by atoms with van der Waals surface area (Å²) in [5, 5.41) is 13.0. The highest BCUT2D eigenvalue weighted by Gasteiger charge is 2.21. The summed E-state index contributed by atoms with van der Waals surface area (Å²) in [6.07, 6.45) is 4.74. The Hall–Kier alpha value is -2.75. The number of hydrogen-bond donors (Lipinski definition) is 1. The zero-order valence-electron chi connectivity index (χ0n) is 17.0. The first-order valence-corrected chi connectivity index (χ1v) is 10.9. The van der Waals surface area contributed by atoms with Crippen LogP contribution in [0.1, 0.15) is 25.0 Å². The number of piperazine rings is 1. The maximum absolute atomic E-state index is 4.61. The smallest absolute Gasteiger partial charge is 0.205 e. The molecule has 0 amide bonds. The Balaban J connectivity index is 1.23. The van der Waals surface area contributed by atoms with Crippen LogP contribution in [-0.2, 0) is 12.8 Å². The van der Waals surface area contributed by atoms with Crippen LogP contribution in [-0.4, -0.2) is 74.6 Å². The van der Waals surface area contributed by atoms with Crippen LogP contribution in [0, 0.1) is 0 Å². The standard InChI is InChI=1S/C19H27N9S/c1-3-15-22-19(29-25-15)27-13-11-26(12-14-27)18(20-2)21-9-6-8-17-24-23-16-7-4-5-10-28(16)17/h4-5,7,10H,3,6,8-9,11-14H2,1-2H3,(H,20,21). The van der Waals surface area contributed by atoms with Crippen molar-refractivity contribution in [3.63, 3.8) is 0 Å².